The zero-order chi connectivity index (χ0) is 4.41. The second-order valence-corrected chi connectivity index (χ2v) is 1.13. The minimum Gasteiger partial charge on any atom is -0.313 e. The Balaban J connectivity index is 2.60. The van der Waals surface area contributed by atoms with E-state index in [-0.39, 0.29) is 0 Å². The molecular weight excluding hydrogens is 76.1 g/mol. The third-order valence-corrected chi connectivity index (χ3v) is 0.615. The Labute approximate surface area is 36.8 Å². The number of hydrogen-bond acceptors (Lipinski definition) is 1. The van der Waals surface area contributed by atoms with Crippen molar-refractivity contribution in [2.75, 3.05) is 0 Å². The quantitative estimate of drug-likeness (QED) is 0.368. The lowest BCUT2D eigenvalue weighted by Gasteiger charge is -1.97. The Bertz CT molecular complexity index is 81.7. The molecule has 0 saturated carbocycles. The van der Waals surface area contributed by atoms with Crippen LogP contribution in [0.2, 0.25) is 0 Å². The highest BCUT2D eigenvalue weighted by atomic mass is 15.4. The third-order valence-electron chi connectivity index (χ3n) is 0.615. The van der Waals surface area contributed by atoms with Gasteiger partial charge in [-0.3, -0.25) is 0 Å². The molecule has 1 rings (SSSR count). The van der Waals surface area contributed by atoms with Crippen LogP contribution >= 0.6 is 0 Å². The van der Waals surface area contributed by atoms with E-state index in [0.717, 1.165) is 5.01 Å². The summed E-state index contributed by atoms with van der Waals surface area (Å²) < 4.78 is 0. The standard InChI is InChI=1S/C4H6N2/c1-6-4-2-3-5-6/h2-4,6H,1H2. The van der Waals surface area contributed by atoms with Gasteiger partial charge in [0.1, 0.15) is 0 Å². The zero-order valence-electron chi connectivity index (χ0n) is 3.39. The second-order valence-electron chi connectivity index (χ2n) is 1.13. The lowest BCUT2D eigenvalue weighted by molar-refractivity contribution is -0.801. The molecule has 1 heterocycles. The van der Waals surface area contributed by atoms with Gasteiger partial charge in [-0.15, -0.1) is 12.1 Å². The van der Waals surface area contributed by atoms with Gasteiger partial charge in [-0.2, -0.15) is 0 Å². The number of rotatable bonds is 0. The summed E-state index contributed by atoms with van der Waals surface area (Å²) in [6, 6.07) is 0. The van der Waals surface area contributed by atoms with Gasteiger partial charge in [0.25, 0.3) is 0 Å². The van der Waals surface area contributed by atoms with Crippen LogP contribution in [0.3, 0.4) is 0 Å². The summed E-state index contributed by atoms with van der Waals surface area (Å²) >= 11 is 0. The number of nitrogens with zero attached hydrogens (tertiary/aromatic N) is 1. The van der Waals surface area contributed by atoms with Crippen LogP contribution < -0.4 is 5.01 Å². The van der Waals surface area contributed by atoms with E-state index in [0.29, 0.717) is 0 Å². The van der Waals surface area contributed by atoms with Crippen molar-refractivity contribution >= 4 is 6.21 Å². The van der Waals surface area contributed by atoms with E-state index in [1.807, 2.05) is 12.3 Å². The Morgan fingerprint density at radius 2 is 2.50 bits per heavy atom. The number of allylic oxidation sites excluding steroid dienone is 1. The molecule has 2 heteroatoms. The molecule has 1 unspecified atom stereocenters. The Hall–Kier alpha value is -0.630. The fourth-order valence-electron chi connectivity index (χ4n) is 0.336. The summed E-state index contributed by atoms with van der Waals surface area (Å²) in [4.78, 5) is 0. The van der Waals surface area contributed by atoms with Crippen molar-refractivity contribution in [3.05, 3.63) is 19.3 Å². The predicted octanol–water partition coefficient (Wildman–Crippen LogP) is -0.824. The van der Waals surface area contributed by atoms with Crippen LogP contribution in [0.5, 0.6) is 0 Å². The summed E-state index contributed by atoms with van der Waals surface area (Å²) in [6.07, 6.45) is 5.45. The zero-order valence-corrected chi connectivity index (χ0v) is 3.39. The molecule has 0 saturated heterocycles. The van der Waals surface area contributed by atoms with Gasteiger partial charge in [0, 0.05) is 6.08 Å². The van der Waals surface area contributed by atoms with Crippen molar-refractivity contribution < 1.29 is 5.01 Å². The van der Waals surface area contributed by atoms with E-state index in [1.54, 1.807) is 6.21 Å². The van der Waals surface area contributed by atoms with Gasteiger partial charge in [0.15, 0.2) is 0 Å². The molecular formula is C4H6N2. The SMILES string of the molecule is [CH2-][NH+]1C=CC=N1. The highest BCUT2D eigenvalue weighted by Gasteiger charge is 1.85. The average Bonchev–Trinajstić information content (AvgIpc) is 1.86. The van der Waals surface area contributed by atoms with Gasteiger partial charge in [0.2, 0.25) is 0 Å². The molecule has 6 heavy (non-hydrogen) atoms. The van der Waals surface area contributed by atoms with Crippen molar-refractivity contribution in [3.63, 3.8) is 0 Å². The maximum absolute atomic E-state index is 3.81. The van der Waals surface area contributed by atoms with E-state index in [2.05, 4.69) is 12.1 Å². The first kappa shape index (κ1) is 3.56. The van der Waals surface area contributed by atoms with Gasteiger partial charge >= 0.3 is 0 Å². The third kappa shape index (κ3) is 0.466. The number of nitrogens with one attached hydrogen (secondary N) is 1. The van der Waals surface area contributed by atoms with E-state index in [9.17, 15) is 0 Å². The minimum atomic E-state index is 0.843. The lowest BCUT2D eigenvalue weighted by atomic mass is 10.7. The summed E-state index contributed by atoms with van der Waals surface area (Å²) in [5.74, 6) is 0. The molecule has 0 bridgehead atoms. The van der Waals surface area contributed by atoms with Gasteiger partial charge < -0.3 is 5.01 Å². The van der Waals surface area contributed by atoms with E-state index < -0.39 is 0 Å². The fraction of sp³-hybridized carbons (Fsp3) is 0. The summed E-state index contributed by atoms with van der Waals surface area (Å²) in [5, 5.41) is 4.65. The van der Waals surface area contributed by atoms with Crippen LogP contribution in [0.1, 0.15) is 0 Å². The normalized spacial score (nSPS) is 29.2. The van der Waals surface area contributed by atoms with Crippen molar-refractivity contribution in [2.45, 2.75) is 0 Å². The molecule has 32 valence electrons. The van der Waals surface area contributed by atoms with Crippen molar-refractivity contribution in [1.82, 2.24) is 0 Å². The van der Waals surface area contributed by atoms with E-state index >= 15 is 0 Å². The fourth-order valence-corrected chi connectivity index (χ4v) is 0.336. The van der Waals surface area contributed by atoms with Gasteiger partial charge in [-0.25, -0.2) is 0 Å². The van der Waals surface area contributed by atoms with Gasteiger partial charge in [-0.1, -0.05) is 0 Å². The van der Waals surface area contributed by atoms with Crippen molar-refractivity contribution in [2.24, 2.45) is 5.10 Å². The molecule has 1 atom stereocenters. The molecule has 0 aromatic rings. The largest absolute Gasteiger partial charge is 0.313 e. The highest BCUT2D eigenvalue weighted by molar-refractivity contribution is 5.70. The predicted molar refractivity (Wildman–Crippen MR) is 24.0 cm³/mol. The Kier molecular flexibility index (Phi) is 0.725. The van der Waals surface area contributed by atoms with E-state index in [4.69, 9.17) is 0 Å². The Morgan fingerprint density at radius 1 is 1.67 bits per heavy atom. The summed E-state index contributed by atoms with van der Waals surface area (Å²) in [7, 11) is 3.57. The van der Waals surface area contributed by atoms with Crippen LogP contribution in [0.25, 0.3) is 0 Å². The molecule has 1 aliphatic rings. The van der Waals surface area contributed by atoms with Gasteiger partial charge in [0.05, 0.1) is 12.4 Å². The van der Waals surface area contributed by atoms with Crippen LogP contribution in [0.4, 0.5) is 0 Å². The first-order valence-corrected chi connectivity index (χ1v) is 1.79. The van der Waals surface area contributed by atoms with Crippen LogP contribution in [-0.2, 0) is 0 Å². The average molecular weight is 82.1 g/mol. The molecule has 0 radical (unpaired) electrons. The minimum absolute atomic E-state index is 0.843. The summed E-state index contributed by atoms with van der Waals surface area (Å²) in [5.41, 5.74) is 0. The first-order chi connectivity index (χ1) is 2.89. The number of quaternary nitrogens is 1. The molecule has 1 N–H and O–H groups in total. The smallest absolute Gasteiger partial charge is 0.0951 e. The van der Waals surface area contributed by atoms with Crippen LogP contribution in [0, 0.1) is 7.05 Å². The molecule has 0 spiro atoms. The molecule has 0 aromatic heterocycles. The maximum atomic E-state index is 3.81. The molecule has 0 fully saturated rings. The summed E-state index contributed by atoms with van der Waals surface area (Å²) in [6.45, 7) is 0. The second kappa shape index (κ2) is 1.22. The number of hydrogen-bond donors (Lipinski definition) is 1. The lowest BCUT2D eigenvalue weighted by Crippen LogP contribution is -2.95. The van der Waals surface area contributed by atoms with Crippen molar-refractivity contribution in [1.29, 1.82) is 0 Å². The van der Waals surface area contributed by atoms with Gasteiger partial charge in [-0.05, 0) is 0 Å². The highest BCUT2D eigenvalue weighted by Crippen LogP contribution is 1.62. The molecule has 0 amide bonds. The first-order valence-electron chi connectivity index (χ1n) is 1.79. The maximum Gasteiger partial charge on any atom is 0.0951 e. The van der Waals surface area contributed by atoms with Crippen LogP contribution in [0.15, 0.2) is 17.4 Å². The topological polar surface area (TPSA) is 16.8 Å². The molecule has 2 nitrogen and oxygen atoms in total. The monoisotopic (exact) mass is 82.1 g/mol. The van der Waals surface area contributed by atoms with E-state index in [1.165, 1.54) is 0 Å². The van der Waals surface area contributed by atoms with Crippen molar-refractivity contribution in [3.8, 4) is 0 Å². The molecule has 0 aromatic carbocycles. The Morgan fingerprint density at radius 3 is 2.67 bits per heavy atom. The molecule has 0 aliphatic carbocycles. The molecule has 1 aliphatic heterocycles. The van der Waals surface area contributed by atoms with Crippen LogP contribution in [-0.4, -0.2) is 6.21 Å².